The summed E-state index contributed by atoms with van der Waals surface area (Å²) in [4.78, 5) is 0. The Bertz CT molecular complexity index is 1680. The molecule has 1 saturated carbocycles. The molecule has 0 amide bonds. The summed E-state index contributed by atoms with van der Waals surface area (Å²) in [6.45, 7) is 4.52. The molecule has 3 aromatic heterocycles. The molecule has 0 atom stereocenters. The first kappa shape index (κ1) is 18.4. The zero-order chi connectivity index (χ0) is 21.6. The number of hydrogen-bond acceptors (Lipinski definition) is 0. The van der Waals surface area contributed by atoms with Crippen molar-refractivity contribution in [1.82, 2.24) is 4.40 Å². The Balaban J connectivity index is 1.75. The van der Waals surface area contributed by atoms with E-state index in [0.29, 0.717) is 0 Å². The molecule has 0 saturated heterocycles. The molecule has 7 rings (SSSR count). The largest absolute Gasteiger partial charge is 0.307 e. The molecular weight excluding hydrogens is 388 g/mol. The minimum absolute atomic E-state index is 0.848. The normalized spacial score (nSPS) is 15.5. The van der Waals surface area contributed by atoms with E-state index in [1.165, 1.54) is 97.8 Å². The van der Waals surface area contributed by atoms with Crippen LogP contribution in [0.1, 0.15) is 42.4 Å². The van der Waals surface area contributed by atoms with Gasteiger partial charge in [0.05, 0.1) is 27.3 Å². The highest BCUT2D eigenvalue weighted by Gasteiger charge is 2.25. The van der Waals surface area contributed by atoms with Crippen LogP contribution in [0.2, 0.25) is 0 Å². The van der Waals surface area contributed by atoms with E-state index >= 15 is 0 Å². The molecule has 1 aliphatic rings. The molecular formula is C30H29N2+. The van der Waals surface area contributed by atoms with Crippen LogP contribution in [0.5, 0.6) is 0 Å². The van der Waals surface area contributed by atoms with E-state index in [2.05, 4.69) is 84.6 Å². The average molecular weight is 418 g/mol. The van der Waals surface area contributed by atoms with Crippen molar-refractivity contribution in [2.24, 2.45) is 13.0 Å². The molecule has 32 heavy (non-hydrogen) atoms. The molecule has 0 bridgehead atoms. The Kier molecular flexibility index (Phi) is 3.72. The molecule has 3 heterocycles. The molecule has 2 heteroatoms. The van der Waals surface area contributed by atoms with Gasteiger partial charge in [-0.2, -0.15) is 0 Å². The van der Waals surface area contributed by atoms with Crippen LogP contribution in [0.15, 0.2) is 54.7 Å². The van der Waals surface area contributed by atoms with Crippen LogP contribution in [0, 0.1) is 19.8 Å². The molecule has 6 aromatic rings. The van der Waals surface area contributed by atoms with Crippen molar-refractivity contribution < 1.29 is 4.57 Å². The summed E-state index contributed by atoms with van der Waals surface area (Å²) in [5.74, 6) is 0.848. The van der Waals surface area contributed by atoms with Crippen molar-refractivity contribution in [3.8, 4) is 0 Å². The Morgan fingerprint density at radius 2 is 1.69 bits per heavy atom. The first-order valence-electron chi connectivity index (χ1n) is 12.1. The highest BCUT2D eigenvalue weighted by Crippen LogP contribution is 2.42. The number of nitrogens with zero attached hydrogens (tertiary/aromatic N) is 2. The van der Waals surface area contributed by atoms with Crippen molar-refractivity contribution in [3.05, 3.63) is 71.4 Å². The third-order valence-corrected chi connectivity index (χ3v) is 8.12. The van der Waals surface area contributed by atoms with Crippen molar-refractivity contribution in [2.75, 3.05) is 0 Å². The van der Waals surface area contributed by atoms with E-state index in [9.17, 15) is 0 Å². The fourth-order valence-electron chi connectivity index (χ4n) is 6.67. The third kappa shape index (κ3) is 2.33. The zero-order valence-electron chi connectivity index (χ0n) is 19.2. The number of aromatic nitrogens is 2. The lowest BCUT2D eigenvalue weighted by Crippen LogP contribution is -2.29. The van der Waals surface area contributed by atoms with Crippen LogP contribution in [-0.4, -0.2) is 4.40 Å². The second-order valence-corrected chi connectivity index (χ2v) is 10.2. The van der Waals surface area contributed by atoms with Gasteiger partial charge in [-0.15, -0.1) is 0 Å². The first-order chi connectivity index (χ1) is 15.6. The smallest absolute Gasteiger partial charge is 0.224 e. The number of hydrogen-bond donors (Lipinski definition) is 0. The van der Waals surface area contributed by atoms with E-state index in [0.717, 1.165) is 5.92 Å². The standard InChI is InChI=1S/C30H29N2/c1-18-7-6-10-24-26(18)23-12-11-19(2)27-29(23)32(24)25-17-21(15-20-8-4-5-9-20)16-22-13-14-31(3)30(27)28(22)25/h6-7,10-14,16-17,20H,4-5,8-9,15H2,1-3H3/q+1. The van der Waals surface area contributed by atoms with E-state index < -0.39 is 0 Å². The van der Waals surface area contributed by atoms with Crippen LogP contribution in [0.25, 0.3) is 49.0 Å². The minimum Gasteiger partial charge on any atom is -0.307 e. The Labute approximate surface area is 188 Å². The molecule has 0 spiro atoms. The molecule has 0 unspecified atom stereocenters. The zero-order valence-corrected chi connectivity index (χ0v) is 19.2. The highest BCUT2D eigenvalue weighted by molar-refractivity contribution is 6.26. The Hall–Kier alpha value is -3.13. The van der Waals surface area contributed by atoms with Crippen molar-refractivity contribution in [1.29, 1.82) is 0 Å². The Morgan fingerprint density at radius 3 is 2.53 bits per heavy atom. The van der Waals surface area contributed by atoms with Crippen LogP contribution in [0.3, 0.4) is 0 Å². The maximum Gasteiger partial charge on any atom is 0.224 e. The SMILES string of the molecule is Cc1cccc2c1c1ccc(C)c3c1n2c1cc(CC2CCCC2)cc2cc[n+](C)c3c21. The van der Waals surface area contributed by atoms with Gasteiger partial charge in [-0.05, 0) is 60.4 Å². The second-order valence-electron chi connectivity index (χ2n) is 10.2. The molecule has 1 fully saturated rings. The van der Waals surface area contributed by atoms with Gasteiger partial charge < -0.3 is 4.40 Å². The summed E-state index contributed by atoms with van der Waals surface area (Å²) >= 11 is 0. The van der Waals surface area contributed by atoms with Gasteiger partial charge in [0.1, 0.15) is 7.05 Å². The minimum atomic E-state index is 0.848. The summed E-state index contributed by atoms with van der Waals surface area (Å²) in [5.41, 5.74) is 9.65. The lowest BCUT2D eigenvalue weighted by atomic mass is 9.94. The first-order valence-corrected chi connectivity index (χ1v) is 12.1. The molecule has 0 N–H and O–H groups in total. The summed E-state index contributed by atoms with van der Waals surface area (Å²) in [6.07, 6.45) is 9.05. The fourth-order valence-corrected chi connectivity index (χ4v) is 6.67. The van der Waals surface area contributed by atoms with Gasteiger partial charge >= 0.3 is 0 Å². The fraction of sp³-hybridized carbons (Fsp3) is 0.300. The molecule has 158 valence electrons. The van der Waals surface area contributed by atoms with Crippen LogP contribution in [-0.2, 0) is 13.5 Å². The summed E-state index contributed by atoms with van der Waals surface area (Å²) in [6, 6.07) is 18.7. The number of fused-ring (bicyclic) bond motifs is 5. The van der Waals surface area contributed by atoms with Crippen molar-refractivity contribution in [2.45, 2.75) is 46.0 Å². The van der Waals surface area contributed by atoms with Gasteiger partial charge in [-0.1, -0.05) is 56.0 Å². The van der Waals surface area contributed by atoms with Gasteiger partial charge in [0.2, 0.25) is 5.52 Å². The molecule has 0 radical (unpaired) electrons. The van der Waals surface area contributed by atoms with Crippen LogP contribution in [0.4, 0.5) is 0 Å². The maximum absolute atomic E-state index is 2.58. The number of pyridine rings is 2. The summed E-state index contributed by atoms with van der Waals surface area (Å²) in [7, 11) is 2.20. The lowest BCUT2D eigenvalue weighted by molar-refractivity contribution is -0.643. The third-order valence-electron chi connectivity index (χ3n) is 8.12. The monoisotopic (exact) mass is 417 g/mol. The van der Waals surface area contributed by atoms with Crippen LogP contribution < -0.4 is 4.57 Å². The van der Waals surface area contributed by atoms with E-state index in [1.807, 2.05) is 0 Å². The molecule has 3 aromatic carbocycles. The molecule has 0 aliphatic heterocycles. The van der Waals surface area contributed by atoms with Gasteiger partial charge in [0, 0.05) is 16.8 Å². The number of benzene rings is 3. The van der Waals surface area contributed by atoms with Crippen molar-refractivity contribution >= 4 is 49.0 Å². The number of aryl methyl sites for hydroxylation is 3. The van der Waals surface area contributed by atoms with Gasteiger partial charge in [0.25, 0.3) is 0 Å². The number of rotatable bonds is 2. The molecule has 2 nitrogen and oxygen atoms in total. The quantitative estimate of drug-likeness (QED) is 0.160. The van der Waals surface area contributed by atoms with Gasteiger partial charge in [-0.3, -0.25) is 0 Å². The average Bonchev–Trinajstić information content (AvgIpc) is 3.41. The van der Waals surface area contributed by atoms with Gasteiger partial charge in [-0.25, -0.2) is 4.57 Å². The predicted molar refractivity (Wildman–Crippen MR) is 135 cm³/mol. The second kappa shape index (κ2) is 6.45. The summed E-state index contributed by atoms with van der Waals surface area (Å²) in [5, 5.41) is 6.94. The van der Waals surface area contributed by atoms with Gasteiger partial charge in [0.15, 0.2) is 6.20 Å². The van der Waals surface area contributed by atoms with Crippen molar-refractivity contribution in [3.63, 3.8) is 0 Å². The maximum atomic E-state index is 2.58. The van der Waals surface area contributed by atoms with E-state index in [-0.39, 0.29) is 0 Å². The highest BCUT2D eigenvalue weighted by atomic mass is 15.0. The summed E-state index contributed by atoms with van der Waals surface area (Å²) < 4.78 is 4.91. The lowest BCUT2D eigenvalue weighted by Gasteiger charge is -2.15. The predicted octanol–water partition coefficient (Wildman–Crippen LogP) is 7.16. The molecule has 1 aliphatic carbocycles. The van der Waals surface area contributed by atoms with Crippen LogP contribution >= 0.6 is 0 Å². The van der Waals surface area contributed by atoms with E-state index in [1.54, 1.807) is 0 Å². The Morgan fingerprint density at radius 1 is 0.875 bits per heavy atom. The topological polar surface area (TPSA) is 8.29 Å². The van der Waals surface area contributed by atoms with E-state index in [4.69, 9.17) is 0 Å².